The number of methoxy groups -OCH3 is 1. The van der Waals surface area contributed by atoms with Crippen LogP contribution in [0.3, 0.4) is 0 Å². The Bertz CT molecular complexity index is 851. The van der Waals surface area contributed by atoms with E-state index in [0.717, 1.165) is 36.5 Å². The molecule has 0 saturated heterocycles. The lowest BCUT2D eigenvalue weighted by molar-refractivity contribution is 0.0414. The topological polar surface area (TPSA) is 34.1 Å². The van der Waals surface area contributed by atoms with E-state index in [-0.39, 0.29) is 0 Å². The molecule has 154 valence electrons. The Balaban J connectivity index is 1.28. The number of rotatable bonds is 5. The monoisotopic (exact) mass is 390 g/mol. The van der Waals surface area contributed by atoms with Crippen molar-refractivity contribution in [2.24, 2.45) is 17.3 Å². The Morgan fingerprint density at radius 2 is 1.97 bits per heavy atom. The fraction of sp³-hybridized carbons (Fsp3) is 0.577. The molecule has 29 heavy (non-hydrogen) atoms. The number of nitrogens with zero attached hydrogens (tertiary/aromatic N) is 1. The number of aryl methyl sites for hydroxylation is 1. The molecule has 2 saturated carbocycles. The fourth-order valence-electron chi connectivity index (χ4n) is 6.96. The largest absolute Gasteiger partial charge is 0.497 e. The first-order valence-electron chi connectivity index (χ1n) is 11.5. The van der Waals surface area contributed by atoms with E-state index in [1.165, 1.54) is 44.1 Å². The van der Waals surface area contributed by atoms with Crippen molar-refractivity contribution in [2.75, 3.05) is 13.7 Å². The molecule has 5 atom stereocenters. The molecule has 5 rings (SSSR count). The number of hydrogen-bond donors (Lipinski definition) is 1. The molecule has 3 aliphatic carbocycles. The first kappa shape index (κ1) is 19.1. The molecule has 3 heteroatoms. The van der Waals surface area contributed by atoms with Crippen LogP contribution >= 0.6 is 0 Å². The summed E-state index contributed by atoms with van der Waals surface area (Å²) in [6.07, 6.45) is 12.9. The average molecular weight is 391 g/mol. The SMILES string of the molecule is COc1ccc2c(c1)CC[C@@H]1[C@@H]2CC[C@]2(C)[C@@H](NCCc3ccncc3)CC[C@@H]12. The molecular weight excluding hydrogens is 356 g/mol. The molecule has 3 aliphatic rings. The summed E-state index contributed by atoms with van der Waals surface area (Å²) < 4.78 is 5.47. The smallest absolute Gasteiger partial charge is 0.119 e. The third kappa shape index (κ3) is 3.38. The zero-order chi connectivity index (χ0) is 19.8. The molecule has 1 N–H and O–H groups in total. The highest BCUT2D eigenvalue weighted by atomic mass is 16.5. The maximum absolute atomic E-state index is 5.47. The molecule has 0 bridgehead atoms. The van der Waals surface area contributed by atoms with Crippen molar-refractivity contribution in [2.45, 2.75) is 63.8 Å². The third-order valence-corrected chi connectivity index (χ3v) is 8.49. The molecule has 1 aromatic heterocycles. The number of hydrogen-bond acceptors (Lipinski definition) is 3. The lowest BCUT2D eigenvalue weighted by atomic mass is 9.55. The van der Waals surface area contributed by atoms with Crippen molar-refractivity contribution in [1.29, 1.82) is 0 Å². The second-order valence-corrected chi connectivity index (χ2v) is 9.71. The Morgan fingerprint density at radius 3 is 2.79 bits per heavy atom. The van der Waals surface area contributed by atoms with Gasteiger partial charge in [0.2, 0.25) is 0 Å². The zero-order valence-corrected chi connectivity index (χ0v) is 17.9. The predicted octanol–water partition coefficient (Wildman–Crippen LogP) is 5.15. The summed E-state index contributed by atoms with van der Waals surface area (Å²) in [5.41, 5.74) is 5.01. The van der Waals surface area contributed by atoms with Crippen molar-refractivity contribution in [3.8, 4) is 5.75 Å². The van der Waals surface area contributed by atoms with Gasteiger partial charge in [0.1, 0.15) is 5.75 Å². The Kier molecular flexibility index (Phi) is 5.11. The van der Waals surface area contributed by atoms with Crippen LogP contribution in [0.1, 0.15) is 61.6 Å². The zero-order valence-electron chi connectivity index (χ0n) is 17.9. The van der Waals surface area contributed by atoms with Gasteiger partial charge < -0.3 is 10.1 Å². The summed E-state index contributed by atoms with van der Waals surface area (Å²) >= 11 is 0. The van der Waals surface area contributed by atoms with Gasteiger partial charge in [-0.05, 0) is 116 Å². The van der Waals surface area contributed by atoms with E-state index in [1.807, 2.05) is 12.4 Å². The minimum Gasteiger partial charge on any atom is -0.497 e. The van der Waals surface area contributed by atoms with Crippen molar-refractivity contribution in [3.05, 3.63) is 59.4 Å². The van der Waals surface area contributed by atoms with Crippen LogP contribution in [0.2, 0.25) is 0 Å². The molecule has 0 aliphatic heterocycles. The van der Waals surface area contributed by atoms with E-state index < -0.39 is 0 Å². The molecule has 0 amide bonds. The van der Waals surface area contributed by atoms with Gasteiger partial charge in [-0.15, -0.1) is 0 Å². The number of ether oxygens (including phenoxy) is 1. The predicted molar refractivity (Wildman–Crippen MR) is 117 cm³/mol. The van der Waals surface area contributed by atoms with Gasteiger partial charge in [-0.1, -0.05) is 13.0 Å². The van der Waals surface area contributed by atoms with Crippen LogP contribution in [0.4, 0.5) is 0 Å². The third-order valence-electron chi connectivity index (χ3n) is 8.49. The van der Waals surface area contributed by atoms with Gasteiger partial charge in [0.05, 0.1) is 7.11 Å². The van der Waals surface area contributed by atoms with Gasteiger partial charge in [0.15, 0.2) is 0 Å². The minimum absolute atomic E-state index is 0.462. The highest BCUT2D eigenvalue weighted by molar-refractivity contribution is 5.40. The second kappa shape index (κ2) is 7.75. The highest BCUT2D eigenvalue weighted by Gasteiger charge is 2.54. The van der Waals surface area contributed by atoms with E-state index in [9.17, 15) is 0 Å². The number of aromatic nitrogens is 1. The standard InChI is InChI=1S/C26H34N2O/c1-26-13-9-22-21-6-4-20(29-2)17-19(21)3-5-23(22)24(26)7-8-25(26)28-16-12-18-10-14-27-15-11-18/h4,6,10-11,14-15,17,22-25,28H,3,5,7-9,12-13,16H2,1-2H3/t22-,23-,24+,25+,26+/m1/s1. The van der Waals surface area contributed by atoms with Crippen molar-refractivity contribution >= 4 is 0 Å². The summed E-state index contributed by atoms with van der Waals surface area (Å²) in [5, 5.41) is 3.96. The van der Waals surface area contributed by atoms with E-state index in [1.54, 1.807) is 18.2 Å². The van der Waals surface area contributed by atoms with Crippen LogP contribution in [-0.4, -0.2) is 24.7 Å². The molecular formula is C26H34N2O. The summed E-state index contributed by atoms with van der Waals surface area (Å²) in [5.74, 6) is 3.51. The maximum atomic E-state index is 5.47. The first-order valence-corrected chi connectivity index (χ1v) is 11.5. The number of nitrogens with one attached hydrogen (secondary N) is 1. The molecule has 1 aromatic carbocycles. The second-order valence-electron chi connectivity index (χ2n) is 9.71. The summed E-state index contributed by atoms with van der Waals surface area (Å²) in [7, 11) is 1.78. The Morgan fingerprint density at radius 1 is 1.10 bits per heavy atom. The van der Waals surface area contributed by atoms with Gasteiger partial charge in [0, 0.05) is 18.4 Å². The summed E-state index contributed by atoms with van der Waals surface area (Å²) in [6.45, 7) is 3.67. The lowest BCUT2D eigenvalue weighted by Gasteiger charge is -2.51. The van der Waals surface area contributed by atoms with Gasteiger partial charge in [-0.2, -0.15) is 0 Å². The van der Waals surface area contributed by atoms with E-state index >= 15 is 0 Å². The molecule has 3 nitrogen and oxygen atoms in total. The molecule has 0 unspecified atom stereocenters. The Hall–Kier alpha value is -1.87. The fourth-order valence-corrected chi connectivity index (χ4v) is 6.96. The Labute approximate surface area is 175 Å². The van der Waals surface area contributed by atoms with Crippen molar-refractivity contribution in [1.82, 2.24) is 10.3 Å². The van der Waals surface area contributed by atoms with Crippen LogP contribution in [0.5, 0.6) is 5.75 Å². The van der Waals surface area contributed by atoms with Gasteiger partial charge in [-0.25, -0.2) is 0 Å². The molecule has 2 aromatic rings. The summed E-state index contributed by atoms with van der Waals surface area (Å²) in [6, 6.07) is 11.8. The van der Waals surface area contributed by atoms with Crippen LogP contribution in [-0.2, 0) is 12.8 Å². The van der Waals surface area contributed by atoms with Crippen LogP contribution in [0.25, 0.3) is 0 Å². The van der Waals surface area contributed by atoms with Crippen LogP contribution < -0.4 is 10.1 Å². The number of pyridine rings is 1. The molecule has 1 heterocycles. The summed E-state index contributed by atoms with van der Waals surface area (Å²) in [4.78, 5) is 4.13. The first-order chi connectivity index (χ1) is 14.2. The minimum atomic E-state index is 0.462. The average Bonchev–Trinajstić information content (AvgIpc) is 3.10. The number of benzene rings is 1. The quantitative estimate of drug-likeness (QED) is 0.767. The van der Waals surface area contributed by atoms with Gasteiger partial charge in [0.25, 0.3) is 0 Å². The highest BCUT2D eigenvalue weighted by Crippen LogP contribution is 2.60. The molecule has 0 spiro atoms. The van der Waals surface area contributed by atoms with E-state index in [4.69, 9.17) is 4.74 Å². The van der Waals surface area contributed by atoms with E-state index in [0.29, 0.717) is 11.5 Å². The van der Waals surface area contributed by atoms with Crippen molar-refractivity contribution in [3.63, 3.8) is 0 Å². The van der Waals surface area contributed by atoms with Crippen LogP contribution in [0.15, 0.2) is 42.7 Å². The molecule has 2 fully saturated rings. The number of fused-ring (bicyclic) bond motifs is 5. The molecule has 0 radical (unpaired) electrons. The normalized spacial score (nSPS) is 32.9. The van der Waals surface area contributed by atoms with Crippen LogP contribution in [0, 0.1) is 17.3 Å². The van der Waals surface area contributed by atoms with Gasteiger partial charge in [-0.3, -0.25) is 4.98 Å². The maximum Gasteiger partial charge on any atom is 0.119 e. The van der Waals surface area contributed by atoms with Gasteiger partial charge >= 0.3 is 0 Å². The lowest BCUT2D eigenvalue weighted by Crippen LogP contribution is -2.49. The van der Waals surface area contributed by atoms with Crippen molar-refractivity contribution < 1.29 is 4.74 Å². The van der Waals surface area contributed by atoms with E-state index in [2.05, 4.69) is 47.6 Å².